The van der Waals surface area contributed by atoms with Gasteiger partial charge in [-0.15, -0.1) is 0 Å². The first-order valence-electron chi connectivity index (χ1n) is 7.95. The van der Waals surface area contributed by atoms with Crippen molar-refractivity contribution in [2.24, 2.45) is 0 Å². The van der Waals surface area contributed by atoms with E-state index in [2.05, 4.69) is 0 Å². The lowest BCUT2D eigenvalue weighted by atomic mass is 10.0. The summed E-state index contributed by atoms with van der Waals surface area (Å²) in [6.07, 6.45) is 3.90. The smallest absolute Gasteiger partial charge is 0.385 e. The van der Waals surface area contributed by atoms with Crippen LogP contribution in [0.25, 0.3) is 12.2 Å². The number of hydrogen-bond donors (Lipinski definition) is 0. The van der Waals surface area contributed by atoms with Crippen LogP contribution in [0.1, 0.15) is 21.5 Å². The molecule has 0 radical (unpaired) electrons. The fourth-order valence-corrected chi connectivity index (χ4v) is 2.91. The zero-order chi connectivity index (χ0) is 17.2. The number of carbonyl (C=O) groups is 2. The fourth-order valence-electron chi connectivity index (χ4n) is 2.91. The van der Waals surface area contributed by atoms with Crippen molar-refractivity contribution in [2.45, 2.75) is 0 Å². The highest BCUT2D eigenvalue weighted by Gasteiger charge is 2.31. The molecule has 0 atom stereocenters. The van der Waals surface area contributed by atoms with E-state index < -0.39 is 11.8 Å². The molecule has 0 fully saturated rings. The summed E-state index contributed by atoms with van der Waals surface area (Å²) >= 11 is 0. The second-order valence-electron chi connectivity index (χ2n) is 5.77. The van der Waals surface area contributed by atoms with Crippen LogP contribution in [0.15, 0.2) is 72.8 Å². The minimum atomic E-state index is -0.824. The van der Waals surface area contributed by atoms with Gasteiger partial charge in [-0.25, -0.2) is 4.79 Å². The summed E-state index contributed by atoms with van der Waals surface area (Å²) in [6.45, 7) is 0. The van der Waals surface area contributed by atoms with Gasteiger partial charge in [0.25, 0.3) is 5.78 Å². The van der Waals surface area contributed by atoms with Gasteiger partial charge >= 0.3 is 5.97 Å². The third-order valence-electron chi connectivity index (χ3n) is 4.09. The SMILES string of the molecule is O=C1Oc2ccc(=Cc3ccccc3)c(=Cc3ccccc3)c2C1=O. The third kappa shape index (κ3) is 2.88. The molecule has 0 aliphatic carbocycles. The molecule has 0 spiro atoms. The molecule has 3 aromatic rings. The van der Waals surface area contributed by atoms with Crippen molar-refractivity contribution in [3.8, 4) is 5.75 Å². The summed E-state index contributed by atoms with van der Waals surface area (Å²) in [5.74, 6) is -1.10. The number of ether oxygens (including phenoxy) is 1. The van der Waals surface area contributed by atoms with E-state index in [9.17, 15) is 9.59 Å². The van der Waals surface area contributed by atoms with Gasteiger partial charge in [0.1, 0.15) is 5.75 Å². The molecule has 0 bridgehead atoms. The van der Waals surface area contributed by atoms with Crippen LogP contribution in [-0.2, 0) is 4.79 Å². The van der Waals surface area contributed by atoms with Crippen LogP contribution in [0.3, 0.4) is 0 Å². The lowest BCUT2D eigenvalue weighted by Gasteiger charge is -2.00. The molecule has 3 heteroatoms. The van der Waals surface area contributed by atoms with E-state index >= 15 is 0 Å². The minimum Gasteiger partial charge on any atom is -0.420 e. The maximum atomic E-state index is 12.3. The van der Waals surface area contributed by atoms with E-state index in [0.29, 0.717) is 16.5 Å². The number of rotatable bonds is 2. The standard InChI is InChI=1S/C22H14O3/c23-21-20-18(14-16-9-5-2-6-10-16)17(11-12-19(20)25-22(21)24)13-15-7-3-1-4-8-15/h1-14H. The maximum absolute atomic E-state index is 12.3. The zero-order valence-corrected chi connectivity index (χ0v) is 13.3. The molecule has 0 saturated heterocycles. The quantitative estimate of drug-likeness (QED) is 0.413. The second-order valence-corrected chi connectivity index (χ2v) is 5.77. The molecular formula is C22H14O3. The monoisotopic (exact) mass is 326 g/mol. The first-order chi connectivity index (χ1) is 12.2. The highest BCUT2D eigenvalue weighted by atomic mass is 16.5. The molecule has 0 aromatic heterocycles. The Kier molecular flexibility index (Phi) is 3.75. The summed E-state index contributed by atoms with van der Waals surface area (Å²) in [7, 11) is 0. The Morgan fingerprint density at radius 2 is 1.28 bits per heavy atom. The second kappa shape index (κ2) is 6.21. The molecule has 1 aliphatic heterocycles. The van der Waals surface area contributed by atoms with Crippen LogP contribution in [0.2, 0.25) is 0 Å². The van der Waals surface area contributed by atoms with Crippen molar-refractivity contribution >= 4 is 23.9 Å². The Labute approximate surface area is 144 Å². The minimum absolute atomic E-state index is 0.322. The van der Waals surface area contributed by atoms with Gasteiger partial charge < -0.3 is 4.74 Å². The Balaban J connectivity index is 2.04. The summed E-state index contributed by atoms with van der Waals surface area (Å²) in [5.41, 5.74) is 2.30. The van der Waals surface area contributed by atoms with E-state index in [-0.39, 0.29) is 0 Å². The molecule has 120 valence electrons. The number of hydrogen-bond acceptors (Lipinski definition) is 3. The molecule has 4 rings (SSSR count). The van der Waals surface area contributed by atoms with Gasteiger partial charge in [0, 0.05) is 0 Å². The predicted octanol–water partition coefficient (Wildman–Crippen LogP) is 2.45. The van der Waals surface area contributed by atoms with Crippen LogP contribution in [0.5, 0.6) is 5.75 Å². The Morgan fingerprint density at radius 3 is 1.92 bits per heavy atom. The van der Waals surface area contributed by atoms with Crippen molar-refractivity contribution in [2.75, 3.05) is 0 Å². The molecule has 3 aromatic carbocycles. The average Bonchev–Trinajstić information content (AvgIpc) is 2.93. The van der Waals surface area contributed by atoms with Gasteiger partial charge in [-0.2, -0.15) is 0 Å². The van der Waals surface area contributed by atoms with E-state index in [1.165, 1.54) is 0 Å². The maximum Gasteiger partial charge on any atom is 0.385 e. The lowest BCUT2D eigenvalue weighted by Crippen LogP contribution is -2.30. The third-order valence-corrected chi connectivity index (χ3v) is 4.09. The molecular weight excluding hydrogens is 312 g/mol. The Morgan fingerprint density at radius 1 is 0.680 bits per heavy atom. The van der Waals surface area contributed by atoms with Gasteiger partial charge in [0.15, 0.2) is 0 Å². The molecule has 0 saturated carbocycles. The van der Waals surface area contributed by atoms with Crippen molar-refractivity contribution < 1.29 is 14.3 Å². The van der Waals surface area contributed by atoms with E-state index in [1.54, 1.807) is 6.07 Å². The largest absolute Gasteiger partial charge is 0.420 e. The van der Waals surface area contributed by atoms with Crippen molar-refractivity contribution in [3.05, 3.63) is 99.9 Å². The van der Waals surface area contributed by atoms with Crippen LogP contribution < -0.4 is 15.2 Å². The normalized spacial score (nSPS) is 14.6. The molecule has 25 heavy (non-hydrogen) atoms. The Bertz CT molecular complexity index is 1080. The first kappa shape index (κ1) is 15.1. The molecule has 0 N–H and O–H groups in total. The van der Waals surface area contributed by atoms with Crippen molar-refractivity contribution in [3.63, 3.8) is 0 Å². The fraction of sp³-hybridized carbons (Fsp3) is 0. The number of Topliss-reactive ketones (excluding diaryl/α,β-unsaturated/α-hetero) is 1. The van der Waals surface area contributed by atoms with Gasteiger partial charge in [-0.1, -0.05) is 66.7 Å². The predicted molar refractivity (Wildman–Crippen MR) is 95.7 cm³/mol. The number of benzene rings is 3. The summed E-state index contributed by atoms with van der Waals surface area (Å²) in [6, 6.07) is 23.1. The summed E-state index contributed by atoms with van der Waals surface area (Å²) in [4.78, 5) is 24.0. The number of carbonyl (C=O) groups excluding carboxylic acids is 2. The highest BCUT2D eigenvalue weighted by molar-refractivity contribution is 6.44. The molecule has 1 aliphatic rings. The summed E-state index contributed by atoms with van der Waals surface area (Å²) < 4.78 is 5.08. The van der Waals surface area contributed by atoms with Gasteiger partial charge in [0.2, 0.25) is 0 Å². The van der Waals surface area contributed by atoms with Crippen molar-refractivity contribution in [1.82, 2.24) is 0 Å². The van der Waals surface area contributed by atoms with Crippen molar-refractivity contribution in [1.29, 1.82) is 0 Å². The average molecular weight is 326 g/mol. The van der Waals surface area contributed by atoms with E-state index in [1.807, 2.05) is 78.9 Å². The number of ketones is 1. The molecule has 0 unspecified atom stereocenters. The van der Waals surface area contributed by atoms with Gasteiger partial charge in [-0.05, 0) is 39.8 Å². The van der Waals surface area contributed by atoms with Gasteiger partial charge in [-0.3, -0.25) is 4.79 Å². The lowest BCUT2D eigenvalue weighted by molar-refractivity contribution is -0.128. The van der Waals surface area contributed by atoms with E-state index in [0.717, 1.165) is 16.3 Å². The molecule has 1 heterocycles. The van der Waals surface area contributed by atoms with Gasteiger partial charge in [0.05, 0.1) is 5.56 Å². The van der Waals surface area contributed by atoms with Crippen LogP contribution >= 0.6 is 0 Å². The van der Waals surface area contributed by atoms with Crippen LogP contribution in [0.4, 0.5) is 0 Å². The summed E-state index contributed by atoms with van der Waals surface area (Å²) in [5, 5.41) is 1.56. The van der Waals surface area contributed by atoms with Crippen LogP contribution in [-0.4, -0.2) is 11.8 Å². The highest BCUT2D eigenvalue weighted by Crippen LogP contribution is 2.21. The van der Waals surface area contributed by atoms with E-state index in [4.69, 9.17) is 4.74 Å². The zero-order valence-electron chi connectivity index (χ0n) is 13.3. The first-order valence-corrected chi connectivity index (χ1v) is 7.95. The number of fused-ring (bicyclic) bond motifs is 1. The van der Waals surface area contributed by atoms with Crippen LogP contribution in [0, 0.1) is 0 Å². The number of esters is 1. The molecule has 0 amide bonds. The Hall–Kier alpha value is -3.46. The molecule has 3 nitrogen and oxygen atoms in total. The topological polar surface area (TPSA) is 43.4 Å².